The van der Waals surface area contributed by atoms with Gasteiger partial charge in [-0.05, 0) is 48.3 Å². The number of carbonyl (C=O) groups excluding carboxylic acids is 1. The van der Waals surface area contributed by atoms with Crippen molar-refractivity contribution in [3.8, 4) is 5.75 Å². The van der Waals surface area contributed by atoms with E-state index in [1.54, 1.807) is 12.1 Å². The number of halogens is 6. The molecule has 1 atom stereocenters. The van der Waals surface area contributed by atoms with Crippen molar-refractivity contribution in [3.05, 3.63) is 64.9 Å². The van der Waals surface area contributed by atoms with Crippen molar-refractivity contribution in [2.75, 3.05) is 26.2 Å². The van der Waals surface area contributed by atoms with E-state index in [2.05, 4.69) is 10.2 Å². The molecule has 208 valence electrons. The largest absolute Gasteiger partial charge is 0.508 e. The van der Waals surface area contributed by atoms with Gasteiger partial charge in [0.2, 0.25) is 5.91 Å². The highest BCUT2D eigenvalue weighted by molar-refractivity contribution is 5.84. The summed E-state index contributed by atoms with van der Waals surface area (Å²) >= 11 is 0. The summed E-state index contributed by atoms with van der Waals surface area (Å²) in [6.07, 6.45) is -3.08. The number of hydrogen-bond acceptors (Lipinski definition) is 4. The van der Waals surface area contributed by atoms with Crippen LogP contribution >= 0.6 is 0 Å². The van der Waals surface area contributed by atoms with Crippen molar-refractivity contribution in [2.24, 2.45) is 0 Å². The van der Waals surface area contributed by atoms with Gasteiger partial charge in [-0.1, -0.05) is 31.4 Å². The van der Waals surface area contributed by atoms with Crippen molar-refractivity contribution < 1.29 is 36.2 Å². The summed E-state index contributed by atoms with van der Waals surface area (Å²) in [6, 6.07) is 5.75. The maximum atomic E-state index is 13.4. The number of nitrogens with zero attached hydrogens (tertiary/aromatic N) is 2. The third-order valence-electron chi connectivity index (χ3n) is 7.42. The van der Waals surface area contributed by atoms with Crippen LogP contribution in [0.25, 0.3) is 0 Å². The fourth-order valence-electron chi connectivity index (χ4n) is 5.42. The molecule has 3 aliphatic rings. The Labute approximate surface area is 217 Å². The second-order valence-electron chi connectivity index (χ2n) is 10.0. The zero-order valence-electron chi connectivity index (χ0n) is 20.8. The lowest BCUT2D eigenvalue weighted by Crippen LogP contribution is -2.53. The molecule has 0 radical (unpaired) electrons. The molecule has 1 aliphatic heterocycles. The second-order valence-corrected chi connectivity index (χ2v) is 10.0. The predicted molar refractivity (Wildman–Crippen MR) is 130 cm³/mol. The lowest BCUT2D eigenvalue weighted by Gasteiger charge is -2.43. The minimum absolute atomic E-state index is 0.00985. The molecular formula is C27H31F6N3O2. The summed E-state index contributed by atoms with van der Waals surface area (Å²) in [5.74, 6) is -0.560. The van der Waals surface area contributed by atoms with E-state index in [1.807, 2.05) is 4.90 Å². The molecule has 5 nitrogen and oxygen atoms in total. The summed E-state index contributed by atoms with van der Waals surface area (Å²) in [5, 5.41) is 12.2. The van der Waals surface area contributed by atoms with Gasteiger partial charge < -0.3 is 10.4 Å². The van der Waals surface area contributed by atoms with Crippen LogP contribution in [0, 0.1) is 0 Å². The van der Waals surface area contributed by atoms with Gasteiger partial charge in [0, 0.05) is 50.4 Å². The molecule has 38 heavy (non-hydrogen) atoms. The van der Waals surface area contributed by atoms with Gasteiger partial charge in [0.05, 0.1) is 5.57 Å². The van der Waals surface area contributed by atoms with Crippen LogP contribution in [0.4, 0.5) is 26.3 Å². The van der Waals surface area contributed by atoms with Gasteiger partial charge >= 0.3 is 12.4 Å². The molecule has 0 bridgehead atoms. The highest BCUT2D eigenvalue weighted by Gasteiger charge is 2.41. The first kappa shape index (κ1) is 28.2. The molecule has 1 saturated carbocycles. The first-order valence-corrected chi connectivity index (χ1v) is 12.7. The minimum atomic E-state index is -4.97. The van der Waals surface area contributed by atoms with Crippen molar-refractivity contribution in [1.82, 2.24) is 15.1 Å². The van der Waals surface area contributed by atoms with E-state index in [4.69, 9.17) is 0 Å². The summed E-state index contributed by atoms with van der Waals surface area (Å²) in [4.78, 5) is 17.7. The summed E-state index contributed by atoms with van der Waals surface area (Å²) < 4.78 is 79.5. The van der Waals surface area contributed by atoms with E-state index in [9.17, 15) is 36.2 Å². The van der Waals surface area contributed by atoms with Crippen LogP contribution in [-0.4, -0.2) is 65.4 Å². The SMILES string of the molecule is O=C(N/C=C1/C=C(C(F)(F)F)C=C(C(F)(F)F)C1)C(c1ccc(O)cc1)N1CCN(C2CCCCC2)CC1. The number of benzene rings is 1. The zero-order chi connectivity index (χ0) is 27.5. The Bertz CT molecular complexity index is 1080. The Hall–Kier alpha value is -2.79. The van der Waals surface area contributed by atoms with Gasteiger partial charge in [-0.25, -0.2) is 0 Å². The van der Waals surface area contributed by atoms with E-state index in [0.29, 0.717) is 30.8 Å². The lowest BCUT2D eigenvalue weighted by atomic mass is 9.93. The molecule has 2 N–H and O–H groups in total. The van der Waals surface area contributed by atoms with Gasteiger partial charge in [-0.15, -0.1) is 0 Å². The van der Waals surface area contributed by atoms with Crippen LogP contribution < -0.4 is 5.32 Å². The number of rotatable bonds is 5. The van der Waals surface area contributed by atoms with Crippen molar-refractivity contribution in [2.45, 2.75) is 63.0 Å². The first-order valence-electron chi connectivity index (χ1n) is 12.7. The number of phenols is 1. The number of nitrogens with one attached hydrogen (secondary N) is 1. The average Bonchev–Trinajstić information content (AvgIpc) is 2.88. The Morgan fingerprint density at radius 3 is 2.13 bits per heavy atom. The minimum Gasteiger partial charge on any atom is -0.508 e. The maximum absolute atomic E-state index is 13.4. The molecule has 1 aromatic rings. The number of alkyl halides is 6. The molecule has 0 spiro atoms. The molecule has 1 amide bonds. The van der Waals surface area contributed by atoms with Crippen LogP contribution in [0.3, 0.4) is 0 Å². The highest BCUT2D eigenvalue weighted by Crippen LogP contribution is 2.39. The molecule has 11 heteroatoms. The van der Waals surface area contributed by atoms with Gasteiger partial charge in [0.15, 0.2) is 0 Å². The quantitative estimate of drug-likeness (QED) is 0.464. The molecule has 0 aromatic heterocycles. The zero-order valence-corrected chi connectivity index (χ0v) is 20.8. The Kier molecular flexibility index (Phi) is 8.56. The second kappa shape index (κ2) is 11.5. The van der Waals surface area contributed by atoms with Gasteiger partial charge in [0.25, 0.3) is 0 Å². The molecule has 1 heterocycles. The summed E-state index contributed by atoms with van der Waals surface area (Å²) in [7, 11) is 0. The highest BCUT2D eigenvalue weighted by atomic mass is 19.4. The number of phenolic OH excluding ortho intramolecular Hbond substituents is 1. The normalized spacial score (nSPS) is 22.6. The first-order chi connectivity index (χ1) is 17.9. The van der Waals surface area contributed by atoms with Gasteiger partial charge in [-0.3, -0.25) is 14.6 Å². The number of piperazine rings is 1. The fourth-order valence-corrected chi connectivity index (χ4v) is 5.42. The third kappa shape index (κ3) is 6.99. The number of carbonyl (C=O) groups is 1. The predicted octanol–water partition coefficient (Wildman–Crippen LogP) is 5.76. The smallest absolute Gasteiger partial charge is 0.416 e. The molecule has 4 rings (SSSR count). The molecular weight excluding hydrogens is 512 g/mol. The standard InChI is InChI=1S/C27H31F6N3O2/c28-26(29,30)20-14-18(15-21(16-20)27(31,32)33)17-34-25(38)24(19-6-8-23(37)9-7-19)36-12-10-35(11-13-36)22-4-2-1-3-5-22/h6-9,14,16-17,22,24,37H,1-5,10-13,15H2,(H,34,38)/b18-17-. The number of allylic oxidation sites excluding steroid dienone is 5. The summed E-state index contributed by atoms with van der Waals surface area (Å²) in [5.41, 5.74) is -2.49. The molecule has 1 aromatic carbocycles. The number of aromatic hydroxyl groups is 1. The van der Waals surface area contributed by atoms with Crippen molar-refractivity contribution in [3.63, 3.8) is 0 Å². The molecule has 2 aliphatic carbocycles. The van der Waals surface area contributed by atoms with E-state index in [-0.39, 0.29) is 17.4 Å². The van der Waals surface area contributed by atoms with Crippen LogP contribution in [0.15, 0.2) is 59.3 Å². The topological polar surface area (TPSA) is 55.8 Å². The monoisotopic (exact) mass is 543 g/mol. The van der Waals surface area contributed by atoms with Crippen molar-refractivity contribution in [1.29, 1.82) is 0 Å². The average molecular weight is 544 g/mol. The lowest BCUT2D eigenvalue weighted by molar-refractivity contribution is -0.126. The number of amides is 1. The van der Waals surface area contributed by atoms with E-state index in [0.717, 1.165) is 32.1 Å². The molecule has 1 unspecified atom stereocenters. The van der Waals surface area contributed by atoms with Crippen LogP contribution in [-0.2, 0) is 4.79 Å². The number of hydrogen-bond donors (Lipinski definition) is 2. The van der Waals surface area contributed by atoms with E-state index >= 15 is 0 Å². The summed E-state index contributed by atoms with van der Waals surface area (Å²) in [6.45, 7) is 2.66. The molecule has 2 fully saturated rings. The Morgan fingerprint density at radius 2 is 1.55 bits per heavy atom. The Balaban J connectivity index is 1.52. The van der Waals surface area contributed by atoms with E-state index in [1.165, 1.54) is 31.4 Å². The maximum Gasteiger partial charge on any atom is 0.416 e. The third-order valence-corrected chi connectivity index (χ3v) is 7.42. The van der Waals surface area contributed by atoms with Gasteiger partial charge in [0.1, 0.15) is 11.8 Å². The molecule has 1 saturated heterocycles. The van der Waals surface area contributed by atoms with Crippen molar-refractivity contribution >= 4 is 5.91 Å². The van der Waals surface area contributed by atoms with Gasteiger partial charge in [-0.2, -0.15) is 26.3 Å². The Morgan fingerprint density at radius 1 is 0.921 bits per heavy atom. The van der Waals surface area contributed by atoms with Crippen LogP contribution in [0.2, 0.25) is 0 Å². The fraction of sp³-hybridized carbons (Fsp3) is 0.519. The van der Waals surface area contributed by atoms with Crippen LogP contribution in [0.5, 0.6) is 5.75 Å². The van der Waals surface area contributed by atoms with Crippen LogP contribution in [0.1, 0.15) is 50.1 Å². The van der Waals surface area contributed by atoms with E-state index < -0.39 is 41.9 Å².